The van der Waals surface area contributed by atoms with E-state index in [9.17, 15) is 9.59 Å². The maximum Gasteiger partial charge on any atom is 0.412 e. The lowest BCUT2D eigenvalue weighted by atomic mass is 10.0. The Hall–Kier alpha value is -3.02. The number of amides is 2. The number of carbonyl (C=O) groups is 2. The molecule has 0 aliphatic heterocycles. The molecule has 6 nitrogen and oxygen atoms in total. The first-order valence-corrected chi connectivity index (χ1v) is 8.42. The summed E-state index contributed by atoms with van der Waals surface area (Å²) in [6, 6.07) is 18.1. The Kier molecular flexibility index (Phi) is 6.60. The van der Waals surface area contributed by atoms with Crippen molar-refractivity contribution in [2.24, 2.45) is 0 Å². The Morgan fingerprint density at radius 3 is 1.85 bits per heavy atom. The van der Waals surface area contributed by atoms with Gasteiger partial charge < -0.3 is 9.47 Å². The molecule has 0 aliphatic carbocycles. The van der Waals surface area contributed by atoms with Crippen LogP contribution < -0.4 is 10.6 Å². The second-order valence-electron chi connectivity index (χ2n) is 6.55. The monoisotopic (exact) mass is 356 g/mol. The number of hydrogen-bond acceptors (Lipinski definition) is 4. The fourth-order valence-corrected chi connectivity index (χ4v) is 2.54. The first-order chi connectivity index (χ1) is 12.3. The first-order valence-electron chi connectivity index (χ1n) is 8.42. The molecule has 0 saturated carbocycles. The topological polar surface area (TPSA) is 76.7 Å². The van der Waals surface area contributed by atoms with Gasteiger partial charge >= 0.3 is 12.2 Å². The average molecular weight is 356 g/mol. The summed E-state index contributed by atoms with van der Waals surface area (Å²) in [5, 5.41) is 5.31. The molecule has 0 spiro atoms. The summed E-state index contributed by atoms with van der Waals surface area (Å²) < 4.78 is 10.8. The van der Waals surface area contributed by atoms with E-state index in [1.165, 1.54) is 0 Å². The van der Waals surface area contributed by atoms with Gasteiger partial charge in [0.25, 0.3) is 0 Å². The molecule has 0 fully saturated rings. The van der Waals surface area contributed by atoms with Crippen molar-refractivity contribution in [3.05, 3.63) is 60.7 Å². The van der Waals surface area contributed by atoms with Crippen LogP contribution >= 0.6 is 0 Å². The summed E-state index contributed by atoms with van der Waals surface area (Å²) in [7, 11) is 0. The smallest absolute Gasteiger partial charge is 0.412 e. The highest BCUT2D eigenvalue weighted by Gasteiger charge is 2.27. The zero-order valence-electron chi connectivity index (χ0n) is 15.2. The number of anilines is 2. The molecule has 2 aromatic rings. The molecule has 1 unspecified atom stereocenters. The van der Waals surface area contributed by atoms with Crippen molar-refractivity contribution in [2.75, 3.05) is 10.6 Å². The van der Waals surface area contributed by atoms with E-state index in [1.807, 2.05) is 36.4 Å². The number of hydrogen-bond donors (Lipinski definition) is 2. The van der Waals surface area contributed by atoms with E-state index in [0.717, 1.165) is 0 Å². The van der Waals surface area contributed by atoms with Gasteiger partial charge in [-0.25, -0.2) is 9.59 Å². The van der Waals surface area contributed by atoms with Gasteiger partial charge in [-0.3, -0.25) is 10.6 Å². The van der Waals surface area contributed by atoms with Crippen molar-refractivity contribution in [1.29, 1.82) is 0 Å². The molecule has 2 amide bonds. The van der Waals surface area contributed by atoms with Crippen LogP contribution in [0.4, 0.5) is 21.0 Å². The number of rotatable bonds is 6. The van der Waals surface area contributed by atoms with E-state index in [-0.39, 0.29) is 0 Å². The number of ether oxygens (including phenoxy) is 2. The van der Waals surface area contributed by atoms with Crippen LogP contribution in [0.1, 0.15) is 27.2 Å². The van der Waals surface area contributed by atoms with E-state index < -0.39 is 23.9 Å². The normalized spacial score (nSPS) is 12.0. The number of para-hydroxylation sites is 2. The van der Waals surface area contributed by atoms with Gasteiger partial charge in [0.2, 0.25) is 0 Å². The highest BCUT2D eigenvalue weighted by Crippen LogP contribution is 2.20. The van der Waals surface area contributed by atoms with E-state index >= 15 is 0 Å². The summed E-state index contributed by atoms with van der Waals surface area (Å²) >= 11 is 0. The fourth-order valence-electron chi connectivity index (χ4n) is 2.54. The SMILES string of the molecule is CC(CC(C)(C)OC(=O)Nc1ccccc1)OC(=O)Nc1ccccc1. The highest BCUT2D eigenvalue weighted by atomic mass is 16.6. The molecule has 0 radical (unpaired) electrons. The summed E-state index contributed by atoms with van der Waals surface area (Å²) in [4.78, 5) is 23.9. The third-order valence-electron chi connectivity index (χ3n) is 3.50. The Bertz CT molecular complexity index is 717. The maximum atomic E-state index is 12.0. The first kappa shape index (κ1) is 19.3. The van der Waals surface area contributed by atoms with Crippen molar-refractivity contribution in [3.63, 3.8) is 0 Å². The van der Waals surface area contributed by atoms with Crippen LogP contribution in [-0.2, 0) is 9.47 Å². The molecule has 2 rings (SSSR count). The number of benzene rings is 2. The van der Waals surface area contributed by atoms with E-state index in [1.54, 1.807) is 45.0 Å². The molecular formula is C20H24N2O4. The minimum Gasteiger partial charge on any atom is -0.446 e. The van der Waals surface area contributed by atoms with Crippen LogP contribution in [0.3, 0.4) is 0 Å². The fraction of sp³-hybridized carbons (Fsp3) is 0.300. The quantitative estimate of drug-likeness (QED) is 0.760. The van der Waals surface area contributed by atoms with Crippen molar-refractivity contribution < 1.29 is 19.1 Å². The zero-order valence-corrected chi connectivity index (χ0v) is 15.2. The van der Waals surface area contributed by atoms with Gasteiger partial charge in [0, 0.05) is 17.8 Å². The molecular weight excluding hydrogens is 332 g/mol. The lowest BCUT2D eigenvalue weighted by molar-refractivity contribution is 0.00616. The van der Waals surface area contributed by atoms with Gasteiger partial charge in [-0.2, -0.15) is 0 Å². The molecule has 138 valence electrons. The second kappa shape index (κ2) is 8.89. The molecule has 0 bridgehead atoms. The van der Waals surface area contributed by atoms with E-state index in [4.69, 9.17) is 9.47 Å². The Labute approximate surface area is 153 Å². The predicted octanol–water partition coefficient (Wildman–Crippen LogP) is 5.04. The molecule has 2 aromatic carbocycles. The van der Waals surface area contributed by atoms with Gasteiger partial charge in [-0.1, -0.05) is 36.4 Å². The standard InChI is InChI=1S/C20H24N2O4/c1-15(25-18(23)21-16-10-6-4-7-11-16)14-20(2,3)26-19(24)22-17-12-8-5-9-13-17/h4-13,15H,14H2,1-3H3,(H,21,23)(H,22,24). The van der Waals surface area contributed by atoms with Crippen molar-refractivity contribution in [1.82, 2.24) is 0 Å². The zero-order chi connectivity index (χ0) is 19.0. The molecule has 0 aliphatic rings. The van der Waals surface area contributed by atoms with Crippen LogP contribution in [0.2, 0.25) is 0 Å². The second-order valence-corrected chi connectivity index (χ2v) is 6.55. The van der Waals surface area contributed by atoms with Crippen molar-refractivity contribution in [3.8, 4) is 0 Å². The van der Waals surface area contributed by atoms with Crippen molar-refractivity contribution >= 4 is 23.6 Å². The largest absolute Gasteiger partial charge is 0.446 e. The third kappa shape index (κ3) is 6.84. The number of carbonyl (C=O) groups excluding carboxylic acids is 2. The summed E-state index contributed by atoms with van der Waals surface area (Å²) in [5.74, 6) is 0. The molecule has 0 aromatic heterocycles. The van der Waals surface area contributed by atoms with Crippen LogP contribution in [0.15, 0.2) is 60.7 Å². The van der Waals surface area contributed by atoms with E-state index in [2.05, 4.69) is 10.6 Å². The van der Waals surface area contributed by atoms with Gasteiger partial charge in [0.1, 0.15) is 11.7 Å². The molecule has 26 heavy (non-hydrogen) atoms. The average Bonchev–Trinajstić information content (AvgIpc) is 2.55. The summed E-state index contributed by atoms with van der Waals surface area (Å²) in [6.45, 7) is 5.30. The van der Waals surface area contributed by atoms with Crippen LogP contribution in [0.5, 0.6) is 0 Å². The molecule has 0 saturated heterocycles. The Morgan fingerprint density at radius 2 is 1.35 bits per heavy atom. The van der Waals surface area contributed by atoms with Crippen LogP contribution in [0, 0.1) is 0 Å². The Morgan fingerprint density at radius 1 is 0.885 bits per heavy atom. The van der Waals surface area contributed by atoms with Gasteiger partial charge in [0.05, 0.1) is 0 Å². The molecule has 6 heteroatoms. The maximum absolute atomic E-state index is 12.0. The van der Waals surface area contributed by atoms with Crippen molar-refractivity contribution in [2.45, 2.75) is 38.9 Å². The molecule has 2 N–H and O–H groups in total. The number of nitrogens with one attached hydrogen (secondary N) is 2. The lowest BCUT2D eigenvalue weighted by Crippen LogP contribution is -2.35. The van der Waals surface area contributed by atoms with Crippen LogP contribution in [-0.4, -0.2) is 23.9 Å². The van der Waals surface area contributed by atoms with Gasteiger partial charge in [-0.05, 0) is 45.0 Å². The predicted molar refractivity (Wildman–Crippen MR) is 101 cm³/mol. The highest BCUT2D eigenvalue weighted by molar-refractivity contribution is 5.85. The summed E-state index contributed by atoms with van der Waals surface area (Å²) in [6.07, 6.45) is -1.18. The van der Waals surface area contributed by atoms with E-state index in [0.29, 0.717) is 17.8 Å². The molecule has 1 atom stereocenters. The molecule has 0 heterocycles. The Balaban J connectivity index is 1.79. The minimum absolute atomic E-state index is 0.359. The minimum atomic E-state index is -0.800. The third-order valence-corrected chi connectivity index (χ3v) is 3.50. The van der Waals surface area contributed by atoms with Gasteiger partial charge in [-0.15, -0.1) is 0 Å². The van der Waals surface area contributed by atoms with Crippen LogP contribution in [0.25, 0.3) is 0 Å². The lowest BCUT2D eigenvalue weighted by Gasteiger charge is -2.28. The van der Waals surface area contributed by atoms with Gasteiger partial charge in [0.15, 0.2) is 0 Å². The summed E-state index contributed by atoms with van der Waals surface area (Å²) in [5.41, 5.74) is 0.507.